The molecule has 0 spiro atoms. The van der Waals surface area contributed by atoms with Gasteiger partial charge in [-0.15, -0.1) is 0 Å². The summed E-state index contributed by atoms with van der Waals surface area (Å²) in [5.74, 6) is -0.341. The van der Waals surface area contributed by atoms with Crippen molar-refractivity contribution in [1.82, 2.24) is 4.90 Å². The first-order chi connectivity index (χ1) is 11.6. The monoisotopic (exact) mass is 319 g/mol. The van der Waals surface area contributed by atoms with Gasteiger partial charge in [-0.1, -0.05) is 42.5 Å². The Hall–Kier alpha value is -2.88. The molecule has 0 bridgehead atoms. The van der Waals surface area contributed by atoms with E-state index in [0.717, 1.165) is 12.0 Å². The second kappa shape index (κ2) is 5.64. The van der Waals surface area contributed by atoms with Gasteiger partial charge in [0.15, 0.2) is 5.78 Å². The maximum Gasteiger partial charge on any atom is 0.258 e. The van der Waals surface area contributed by atoms with Gasteiger partial charge < -0.3 is 10.0 Å². The molecule has 1 saturated heterocycles. The maximum absolute atomic E-state index is 12.9. The van der Waals surface area contributed by atoms with Crippen LogP contribution in [0.1, 0.15) is 29.2 Å². The molecule has 1 atom stereocenters. The quantitative estimate of drug-likeness (QED) is 0.649. The van der Waals surface area contributed by atoms with E-state index in [9.17, 15) is 14.7 Å². The van der Waals surface area contributed by atoms with E-state index in [-0.39, 0.29) is 29.1 Å². The molecule has 2 aromatic carbocycles. The first kappa shape index (κ1) is 14.7. The minimum atomic E-state index is -0.242. The summed E-state index contributed by atoms with van der Waals surface area (Å²) in [5, 5.41) is 9.90. The molecule has 2 heterocycles. The summed E-state index contributed by atoms with van der Waals surface area (Å²) in [4.78, 5) is 27.2. The van der Waals surface area contributed by atoms with Crippen molar-refractivity contribution in [2.45, 2.75) is 18.9 Å². The lowest BCUT2D eigenvalue weighted by molar-refractivity contribution is -0.136. The predicted octanol–water partition coefficient (Wildman–Crippen LogP) is 2.87. The molecule has 1 N–H and O–H groups in total. The standard InChI is InChI=1S/C20H17NO3/c22-18-8-4-2-6-14(18)11-16-19(23)12-17-15-7-3-1-5-13(15)9-10-21(17)20(16)24/h1-8,11,17,22H,9-10,12H2/b16-11+/t17-/m0/s1. The summed E-state index contributed by atoms with van der Waals surface area (Å²) < 4.78 is 0. The summed E-state index contributed by atoms with van der Waals surface area (Å²) in [7, 11) is 0. The van der Waals surface area contributed by atoms with E-state index in [1.54, 1.807) is 29.2 Å². The molecule has 120 valence electrons. The minimum Gasteiger partial charge on any atom is -0.507 e. The highest BCUT2D eigenvalue weighted by molar-refractivity contribution is 6.24. The van der Waals surface area contributed by atoms with E-state index in [0.29, 0.717) is 18.5 Å². The van der Waals surface area contributed by atoms with Crippen molar-refractivity contribution in [2.75, 3.05) is 6.54 Å². The number of carbonyl (C=O) groups excluding carboxylic acids is 2. The second-order valence-corrected chi connectivity index (χ2v) is 6.21. The van der Waals surface area contributed by atoms with Gasteiger partial charge in [0.2, 0.25) is 0 Å². The van der Waals surface area contributed by atoms with Crippen LogP contribution in [-0.4, -0.2) is 28.2 Å². The Labute approximate surface area is 140 Å². The highest BCUT2D eigenvalue weighted by atomic mass is 16.3. The highest BCUT2D eigenvalue weighted by Gasteiger charge is 2.40. The number of ketones is 1. The number of piperidine rings is 1. The molecule has 2 aliphatic rings. The number of hydrogen-bond acceptors (Lipinski definition) is 3. The molecule has 0 aromatic heterocycles. The van der Waals surface area contributed by atoms with E-state index >= 15 is 0 Å². The van der Waals surface area contributed by atoms with Crippen molar-refractivity contribution in [3.05, 3.63) is 70.8 Å². The Morgan fingerprint density at radius 1 is 1.04 bits per heavy atom. The summed E-state index contributed by atoms with van der Waals surface area (Å²) in [6, 6.07) is 14.6. The molecule has 2 aromatic rings. The second-order valence-electron chi connectivity index (χ2n) is 6.21. The van der Waals surface area contributed by atoms with Crippen LogP contribution in [0.3, 0.4) is 0 Å². The van der Waals surface area contributed by atoms with Crippen LogP contribution >= 0.6 is 0 Å². The molecular weight excluding hydrogens is 302 g/mol. The molecule has 2 aliphatic heterocycles. The number of nitrogens with zero attached hydrogens (tertiary/aromatic N) is 1. The Balaban J connectivity index is 1.72. The lowest BCUT2D eigenvalue weighted by Crippen LogP contribution is -2.46. The van der Waals surface area contributed by atoms with Crippen LogP contribution < -0.4 is 0 Å². The number of rotatable bonds is 1. The van der Waals surface area contributed by atoms with E-state index in [1.165, 1.54) is 11.6 Å². The van der Waals surface area contributed by atoms with Gasteiger partial charge in [-0.2, -0.15) is 0 Å². The minimum absolute atomic E-state index is 0.0664. The Bertz CT molecular complexity index is 869. The molecule has 4 heteroatoms. The van der Waals surface area contributed by atoms with Gasteiger partial charge in [0.05, 0.1) is 11.6 Å². The van der Waals surface area contributed by atoms with E-state index in [1.807, 2.05) is 18.2 Å². The molecule has 0 radical (unpaired) electrons. The third kappa shape index (κ3) is 2.31. The van der Waals surface area contributed by atoms with E-state index in [2.05, 4.69) is 6.07 Å². The SMILES string of the molecule is O=C1C[C@H]2c3ccccc3CCN2C(=O)/C1=C/c1ccccc1O. The predicted molar refractivity (Wildman–Crippen MR) is 90.3 cm³/mol. The van der Waals surface area contributed by atoms with Crippen LogP contribution in [0.2, 0.25) is 0 Å². The van der Waals surface area contributed by atoms with Crippen molar-refractivity contribution in [3.63, 3.8) is 0 Å². The van der Waals surface area contributed by atoms with Crippen molar-refractivity contribution in [1.29, 1.82) is 0 Å². The molecule has 0 unspecified atom stereocenters. The normalized spacial score (nSPS) is 21.6. The molecule has 1 amide bonds. The number of carbonyl (C=O) groups is 2. The highest BCUT2D eigenvalue weighted by Crippen LogP contribution is 2.38. The lowest BCUT2D eigenvalue weighted by Gasteiger charge is -2.40. The summed E-state index contributed by atoms with van der Waals surface area (Å²) >= 11 is 0. The number of Topliss-reactive ketones (excluding diaryl/α,β-unsaturated/α-hetero) is 1. The van der Waals surface area contributed by atoms with Gasteiger partial charge in [0.25, 0.3) is 5.91 Å². The molecule has 4 rings (SSSR count). The number of para-hydroxylation sites is 1. The molecule has 0 saturated carbocycles. The zero-order valence-corrected chi connectivity index (χ0v) is 13.1. The summed E-state index contributed by atoms with van der Waals surface area (Å²) in [6.07, 6.45) is 2.61. The van der Waals surface area contributed by atoms with Crippen molar-refractivity contribution in [2.24, 2.45) is 0 Å². The maximum atomic E-state index is 12.9. The van der Waals surface area contributed by atoms with Crippen molar-refractivity contribution in [3.8, 4) is 5.75 Å². The fraction of sp³-hybridized carbons (Fsp3) is 0.200. The number of amides is 1. The first-order valence-electron chi connectivity index (χ1n) is 8.07. The molecule has 0 aliphatic carbocycles. The van der Waals surface area contributed by atoms with Crippen LogP contribution in [0.4, 0.5) is 0 Å². The fourth-order valence-corrected chi connectivity index (χ4v) is 3.58. The Morgan fingerprint density at radius 3 is 2.62 bits per heavy atom. The number of phenolic OH excluding ortho intramolecular Hbond substituents is 1. The first-order valence-corrected chi connectivity index (χ1v) is 8.07. The zero-order chi connectivity index (χ0) is 16.7. The van der Waals surface area contributed by atoms with Gasteiger partial charge in [-0.3, -0.25) is 9.59 Å². The van der Waals surface area contributed by atoms with Crippen LogP contribution in [0, 0.1) is 0 Å². The number of fused-ring (bicyclic) bond motifs is 3. The van der Waals surface area contributed by atoms with E-state index < -0.39 is 0 Å². The van der Waals surface area contributed by atoms with Gasteiger partial charge >= 0.3 is 0 Å². The van der Waals surface area contributed by atoms with E-state index in [4.69, 9.17) is 0 Å². The van der Waals surface area contributed by atoms with Gasteiger partial charge in [-0.05, 0) is 29.7 Å². The Kier molecular flexibility index (Phi) is 3.45. The van der Waals surface area contributed by atoms with Crippen LogP contribution in [0.5, 0.6) is 5.75 Å². The largest absolute Gasteiger partial charge is 0.507 e. The number of hydrogen-bond donors (Lipinski definition) is 1. The van der Waals surface area contributed by atoms with Gasteiger partial charge in [0.1, 0.15) is 5.75 Å². The number of phenols is 1. The third-order valence-electron chi connectivity index (χ3n) is 4.82. The lowest BCUT2D eigenvalue weighted by atomic mass is 9.84. The van der Waals surface area contributed by atoms with Crippen LogP contribution in [0.15, 0.2) is 54.1 Å². The van der Waals surface area contributed by atoms with Crippen molar-refractivity contribution >= 4 is 17.8 Å². The smallest absolute Gasteiger partial charge is 0.258 e. The number of aromatic hydroxyl groups is 1. The van der Waals surface area contributed by atoms with Crippen LogP contribution in [-0.2, 0) is 16.0 Å². The molecular formula is C20H17NO3. The van der Waals surface area contributed by atoms with Gasteiger partial charge in [0, 0.05) is 18.5 Å². The van der Waals surface area contributed by atoms with Crippen molar-refractivity contribution < 1.29 is 14.7 Å². The van der Waals surface area contributed by atoms with Gasteiger partial charge in [-0.25, -0.2) is 0 Å². The fourth-order valence-electron chi connectivity index (χ4n) is 3.58. The summed E-state index contributed by atoms with van der Waals surface area (Å²) in [6.45, 7) is 0.617. The molecule has 1 fully saturated rings. The Morgan fingerprint density at radius 2 is 1.79 bits per heavy atom. The summed E-state index contributed by atoms with van der Waals surface area (Å²) in [5.41, 5.74) is 2.94. The average molecular weight is 319 g/mol. The average Bonchev–Trinajstić information content (AvgIpc) is 2.60. The topological polar surface area (TPSA) is 57.6 Å². The van der Waals surface area contributed by atoms with Crippen LogP contribution in [0.25, 0.3) is 6.08 Å². The molecule has 4 nitrogen and oxygen atoms in total. The third-order valence-corrected chi connectivity index (χ3v) is 4.82. The number of benzene rings is 2. The zero-order valence-electron chi connectivity index (χ0n) is 13.1. The molecule has 24 heavy (non-hydrogen) atoms.